The zero-order chi connectivity index (χ0) is 12.3. The first kappa shape index (κ1) is 12.2. The lowest BCUT2D eigenvalue weighted by Gasteiger charge is -2.31. The fourth-order valence-electron chi connectivity index (χ4n) is 1.89. The molecule has 0 spiro atoms. The summed E-state index contributed by atoms with van der Waals surface area (Å²) >= 11 is 1.92. The van der Waals surface area contributed by atoms with Crippen molar-refractivity contribution in [3.05, 3.63) is 34.2 Å². The molecule has 0 aliphatic carbocycles. The second-order valence-corrected chi connectivity index (χ2v) is 5.49. The molecule has 1 atom stereocenters. The highest BCUT2D eigenvalue weighted by atomic mass is 32.2. The topological polar surface area (TPSA) is 53.2 Å². The van der Waals surface area contributed by atoms with Crippen molar-refractivity contribution in [1.29, 1.82) is 0 Å². The van der Waals surface area contributed by atoms with Crippen LogP contribution < -0.4 is 5.56 Å². The number of nitrogens with zero attached hydrogens (tertiary/aromatic N) is 1. The Kier molecular flexibility index (Phi) is 3.89. The SMILES string of the molecule is CCC1CN(C(=O)c2cccc(=O)[nH]2)CCS1. The van der Waals surface area contributed by atoms with Gasteiger partial charge in [-0.15, -0.1) is 0 Å². The van der Waals surface area contributed by atoms with E-state index < -0.39 is 0 Å². The molecule has 4 nitrogen and oxygen atoms in total. The Morgan fingerprint density at radius 2 is 2.41 bits per heavy atom. The number of carbonyl (C=O) groups is 1. The largest absolute Gasteiger partial charge is 0.335 e. The minimum Gasteiger partial charge on any atom is -0.335 e. The zero-order valence-electron chi connectivity index (χ0n) is 9.81. The Morgan fingerprint density at radius 3 is 3.12 bits per heavy atom. The zero-order valence-corrected chi connectivity index (χ0v) is 10.6. The maximum atomic E-state index is 12.2. The molecule has 2 heterocycles. The Balaban J connectivity index is 2.12. The first-order chi connectivity index (χ1) is 8.20. The van der Waals surface area contributed by atoms with E-state index in [0.29, 0.717) is 10.9 Å². The summed E-state index contributed by atoms with van der Waals surface area (Å²) in [6.07, 6.45) is 1.07. The van der Waals surface area contributed by atoms with Crippen LogP contribution in [0.1, 0.15) is 23.8 Å². The second-order valence-electron chi connectivity index (χ2n) is 4.08. The molecule has 1 aromatic rings. The molecule has 1 unspecified atom stereocenters. The molecule has 1 aliphatic heterocycles. The lowest BCUT2D eigenvalue weighted by atomic mass is 10.2. The number of nitrogens with one attached hydrogen (secondary N) is 1. The van der Waals surface area contributed by atoms with E-state index in [1.165, 1.54) is 6.07 Å². The van der Waals surface area contributed by atoms with Crippen LogP contribution in [0.5, 0.6) is 0 Å². The Labute approximate surface area is 104 Å². The average Bonchev–Trinajstić information content (AvgIpc) is 2.38. The van der Waals surface area contributed by atoms with Crippen LogP contribution in [0, 0.1) is 0 Å². The number of hydrogen-bond acceptors (Lipinski definition) is 3. The van der Waals surface area contributed by atoms with Gasteiger partial charge in [-0.2, -0.15) is 11.8 Å². The molecular weight excluding hydrogens is 236 g/mol. The molecule has 0 radical (unpaired) electrons. The smallest absolute Gasteiger partial charge is 0.270 e. The van der Waals surface area contributed by atoms with E-state index in [1.54, 1.807) is 12.1 Å². The molecule has 1 saturated heterocycles. The molecule has 1 fully saturated rings. The molecule has 1 amide bonds. The van der Waals surface area contributed by atoms with Gasteiger partial charge >= 0.3 is 0 Å². The van der Waals surface area contributed by atoms with Gasteiger partial charge in [-0.05, 0) is 12.5 Å². The summed E-state index contributed by atoms with van der Waals surface area (Å²) in [5, 5.41) is 0.517. The standard InChI is InChI=1S/C12H16N2O2S/c1-2-9-8-14(6-7-17-9)12(16)10-4-3-5-11(15)13-10/h3-5,9H,2,6-8H2,1H3,(H,13,15). The van der Waals surface area contributed by atoms with Crippen molar-refractivity contribution in [1.82, 2.24) is 9.88 Å². The number of amides is 1. The summed E-state index contributed by atoms with van der Waals surface area (Å²) in [4.78, 5) is 27.7. The van der Waals surface area contributed by atoms with Crippen molar-refractivity contribution in [2.75, 3.05) is 18.8 Å². The van der Waals surface area contributed by atoms with Gasteiger partial charge in [0.15, 0.2) is 0 Å². The van der Waals surface area contributed by atoms with Gasteiger partial charge in [0.25, 0.3) is 5.91 Å². The van der Waals surface area contributed by atoms with E-state index >= 15 is 0 Å². The summed E-state index contributed by atoms with van der Waals surface area (Å²) < 4.78 is 0. The first-order valence-corrected chi connectivity index (χ1v) is 6.86. The summed E-state index contributed by atoms with van der Waals surface area (Å²) in [6, 6.07) is 4.69. The van der Waals surface area contributed by atoms with Crippen LogP contribution in [0.15, 0.2) is 23.0 Å². The third kappa shape index (κ3) is 2.91. The maximum absolute atomic E-state index is 12.2. The van der Waals surface area contributed by atoms with Crippen LogP contribution in [0.4, 0.5) is 0 Å². The number of carbonyl (C=O) groups excluding carboxylic acids is 1. The van der Waals surface area contributed by atoms with Gasteiger partial charge in [0.2, 0.25) is 5.56 Å². The van der Waals surface area contributed by atoms with Crippen molar-refractivity contribution < 1.29 is 4.79 Å². The molecule has 0 saturated carbocycles. The molecule has 17 heavy (non-hydrogen) atoms. The molecule has 0 bridgehead atoms. The Morgan fingerprint density at radius 1 is 1.59 bits per heavy atom. The number of H-pyrrole nitrogens is 1. The highest BCUT2D eigenvalue weighted by molar-refractivity contribution is 8.00. The van der Waals surface area contributed by atoms with Gasteiger partial charge in [-0.25, -0.2) is 0 Å². The number of aromatic nitrogens is 1. The van der Waals surface area contributed by atoms with Crippen LogP contribution in [-0.2, 0) is 0 Å². The van der Waals surface area contributed by atoms with Crippen molar-refractivity contribution >= 4 is 17.7 Å². The number of thioether (sulfide) groups is 1. The predicted molar refractivity (Wildman–Crippen MR) is 69.5 cm³/mol. The molecule has 1 aromatic heterocycles. The lowest BCUT2D eigenvalue weighted by Crippen LogP contribution is -2.42. The first-order valence-electron chi connectivity index (χ1n) is 5.81. The fraction of sp³-hybridized carbons (Fsp3) is 0.500. The Bertz CT molecular complexity index is 458. The van der Waals surface area contributed by atoms with E-state index in [-0.39, 0.29) is 11.5 Å². The average molecular weight is 252 g/mol. The van der Waals surface area contributed by atoms with Gasteiger partial charge in [-0.1, -0.05) is 13.0 Å². The third-order valence-electron chi connectivity index (χ3n) is 2.88. The normalized spacial score (nSPS) is 20.3. The van der Waals surface area contributed by atoms with E-state index in [4.69, 9.17) is 0 Å². The highest BCUT2D eigenvalue weighted by Crippen LogP contribution is 2.21. The highest BCUT2D eigenvalue weighted by Gasteiger charge is 2.24. The van der Waals surface area contributed by atoms with Gasteiger partial charge < -0.3 is 9.88 Å². The minimum atomic E-state index is -0.228. The van der Waals surface area contributed by atoms with E-state index in [9.17, 15) is 9.59 Å². The summed E-state index contributed by atoms with van der Waals surface area (Å²) in [6.45, 7) is 3.67. The van der Waals surface area contributed by atoms with Crippen LogP contribution >= 0.6 is 11.8 Å². The van der Waals surface area contributed by atoms with Crippen LogP contribution in [-0.4, -0.2) is 39.9 Å². The fourth-order valence-corrected chi connectivity index (χ4v) is 3.07. The summed E-state index contributed by atoms with van der Waals surface area (Å²) in [5.41, 5.74) is 0.161. The number of aromatic amines is 1. The molecule has 1 aliphatic rings. The lowest BCUT2D eigenvalue weighted by molar-refractivity contribution is 0.0755. The molecular formula is C12H16N2O2S. The monoisotopic (exact) mass is 252 g/mol. The van der Waals surface area contributed by atoms with Crippen molar-refractivity contribution in [3.8, 4) is 0 Å². The Hall–Kier alpha value is -1.23. The van der Waals surface area contributed by atoms with Crippen LogP contribution in [0.3, 0.4) is 0 Å². The molecule has 5 heteroatoms. The van der Waals surface area contributed by atoms with E-state index in [1.807, 2.05) is 16.7 Å². The quantitative estimate of drug-likeness (QED) is 0.864. The van der Waals surface area contributed by atoms with Crippen molar-refractivity contribution in [2.24, 2.45) is 0 Å². The van der Waals surface area contributed by atoms with Crippen LogP contribution in [0.2, 0.25) is 0 Å². The number of hydrogen-bond donors (Lipinski definition) is 1. The molecule has 92 valence electrons. The van der Waals surface area contributed by atoms with Crippen molar-refractivity contribution in [2.45, 2.75) is 18.6 Å². The second kappa shape index (κ2) is 5.40. The molecule has 0 aromatic carbocycles. The van der Waals surface area contributed by atoms with E-state index in [0.717, 1.165) is 25.3 Å². The number of rotatable bonds is 2. The van der Waals surface area contributed by atoms with Gasteiger partial charge in [-0.3, -0.25) is 9.59 Å². The predicted octanol–water partition coefficient (Wildman–Crippen LogP) is 1.34. The molecule has 1 N–H and O–H groups in total. The number of pyridine rings is 1. The third-order valence-corrected chi connectivity index (χ3v) is 4.25. The minimum absolute atomic E-state index is 0.0681. The van der Waals surface area contributed by atoms with Gasteiger partial charge in [0.05, 0.1) is 0 Å². The maximum Gasteiger partial charge on any atom is 0.270 e. The summed E-state index contributed by atoms with van der Waals surface area (Å²) in [7, 11) is 0. The van der Waals surface area contributed by atoms with Gasteiger partial charge in [0, 0.05) is 30.2 Å². The van der Waals surface area contributed by atoms with E-state index in [2.05, 4.69) is 11.9 Å². The van der Waals surface area contributed by atoms with Gasteiger partial charge in [0.1, 0.15) is 5.69 Å². The summed E-state index contributed by atoms with van der Waals surface area (Å²) in [5.74, 6) is 0.905. The molecule has 2 rings (SSSR count). The van der Waals surface area contributed by atoms with Crippen LogP contribution in [0.25, 0.3) is 0 Å². The van der Waals surface area contributed by atoms with Crippen molar-refractivity contribution in [3.63, 3.8) is 0 Å².